The summed E-state index contributed by atoms with van der Waals surface area (Å²) in [7, 11) is 0. The Labute approximate surface area is 189 Å². The Hall–Kier alpha value is -3.15. The molecule has 3 aromatic rings. The number of carbonyl (C=O) groups is 1. The highest BCUT2D eigenvalue weighted by Gasteiger charge is 2.11. The number of carbonyl (C=O) groups excluding carboxylic acids is 1. The molecule has 0 bridgehead atoms. The Bertz CT molecular complexity index is 1110. The summed E-state index contributed by atoms with van der Waals surface area (Å²) in [6, 6.07) is 10.5. The van der Waals surface area contributed by atoms with Crippen molar-refractivity contribution in [2.24, 2.45) is 5.10 Å². The van der Waals surface area contributed by atoms with E-state index >= 15 is 0 Å². The van der Waals surface area contributed by atoms with Gasteiger partial charge in [0, 0.05) is 17.2 Å². The zero-order valence-electron chi connectivity index (χ0n) is 15.5. The van der Waals surface area contributed by atoms with E-state index < -0.39 is 10.8 Å². The molecule has 0 saturated heterocycles. The SMILES string of the molecule is O=C(CSc1nnc(COc2ccc(Cl)cc2Cl)o1)N/N=C\c1ccc([N+](=O)[O-])cc1. The number of nitrogens with one attached hydrogen (secondary N) is 1. The maximum atomic E-state index is 11.9. The topological polar surface area (TPSA) is 133 Å². The molecule has 1 heterocycles. The van der Waals surface area contributed by atoms with E-state index in [0.29, 0.717) is 21.4 Å². The molecule has 13 heteroatoms. The second-order valence-electron chi connectivity index (χ2n) is 5.76. The fraction of sp³-hybridized carbons (Fsp3) is 0.111. The van der Waals surface area contributed by atoms with Crippen LogP contribution in [-0.4, -0.2) is 33.0 Å². The molecule has 0 atom stereocenters. The summed E-state index contributed by atoms with van der Waals surface area (Å²) in [6.45, 7) is 0.000634. The molecule has 0 spiro atoms. The third-order valence-corrected chi connectivity index (χ3v) is 4.88. The molecule has 1 aromatic heterocycles. The zero-order valence-corrected chi connectivity index (χ0v) is 17.9. The van der Waals surface area contributed by atoms with Gasteiger partial charge >= 0.3 is 0 Å². The highest BCUT2D eigenvalue weighted by atomic mass is 35.5. The van der Waals surface area contributed by atoms with E-state index in [2.05, 4.69) is 20.7 Å². The van der Waals surface area contributed by atoms with Crippen molar-refractivity contribution in [2.75, 3.05) is 5.75 Å². The normalized spacial score (nSPS) is 10.9. The lowest BCUT2D eigenvalue weighted by Gasteiger charge is -2.05. The average molecular weight is 482 g/mol. The number of halogens is 2. The molecule has 0 aliphatic carbocycles. The Balaban J connectivity index is 1.42. The minimum absolute atomic E-state index is 0.000634. The summed E-state index contributed by atoms with van der Waals surface area (Å²) in [5.41, 5.74) is 2.91. The fourth-order valence-corrected chi connectivity index (χ4v) is 3.14. The summed E-state index contributed by atoms with van der Waals surface area (Å²) in [5, 5.41) is 23.1. The van der Waals surface area contributed by atoms with E-state index in [-0.39, 0.29) is 29.2 Å². The number of ether oxygens (including phenoxy) is 1. The van der Waals surface area contributed by atoms with Crippen molar-refractivity contribution >= 4 is 52.8 Å². The predicted molar refractivity (Wildman–Crippen MR) is 115 cm³/mol. The molecule has 0 unspecified atom stereocenters. The first-order chi connectivity index (χ1) is 14.9. The molecular formula is C18H13Cl2N5O5S. The molecule has 0 aliphatic heterocycles. The quantitative estimate of drug-likeness (QED) is 0.209. The molecule has 0 fully saturated rings. The number of hydrogen-bond donors (Lipinski definition) is 1. The lowest BCUT2D eigenvalue weighted by Crippen LogP contribution is -2.19. The smallest absolute Gasteiger partial charge is 0.277 e. The largest absolute Gasteiger partial charge is 0.482 e. The Morgan fingerprint density at radius 1 is 1.26 bits per heavy atom. The highest BCUT2D eigenvalue weighted by molar-refractivity contribution is 7.99. The molecule has 1 N–H and O–H groups in total. The average Bonchev–Trinajstić information content (AvgIpc) is 3.20. The van der Waals surface area contributed by atoms with Crippen molar-refractivity contribution in [3.8, 4) is 5.75 Å². The van der Waals surface area contributed by atoms with Crippen LogP contribution < -0.4 is 10.2 Å². The maximum absolute atomic E-state index is 11.9. The van der Waals surface area contributed by atoms with Crippen LogP contribution in [0.1, 0.15) is 11.5 Å². The number of hydrazone groups is 1. The van der Waals surface area contributed by atoms with Gasteiger partial charge in [0.1, 0.15) is 5.75 Å². The number of nitro benzene ring substituents is 1. The molecule has 10 nitrogen and oxygen atoms in total. The first kappa shape index (κ1) is 22.5. The highest BCUT2D eigenvalue weighted by Crippen LogP contribution is 2.28. The maximum Gasteiger partial charge on any atom is 0.277 e. The lowest BCUT2D eigenvalue weighted by atomic mass is 10.2. The van der Waals surface area contributed by atoms with Crippen molar-refractivity contribution in [3.05, 3.63) is 74.1 Å². The van der Waals surface area contributed by atoms with E-state index in [1.54, 1.807) is 18.2 Å². The number of rotatable bonds is 9. The summed E-state index contributed by atoms with van der Waals surface area (Å²) in [5.74, 6) is 0.226. The molecule has 160 valence electrons. The summed E-state index contributed by atoms with van der Waals surface area (Å²) in [4.78, 5) is 22.0. The van der Waals surface area contributed by atoms with Crippen LogP contribution in [0.25, 0.3) is 0 Å². The van der Waals surface area contributed by atoms with Crippen molar-refractivity contribution in [1.82, 2.24) is 15.6 Å². The molecule has 1 amide bonds. The monoisotopic (exact) mass is 481 g/mol. The molecule has 0 saturated carbocycles. The van der Waals surface area contributed by atoms with Crippen LogP contribution in [0.4, 0.5) is 5.69 Å². The van der Waals surface area contributed by atoms with Gasteiger partial charge in [0.15, 0.2) is 6.61 Å². The zero-order chi connectivity index (χ0) is 22.2. The molecule has 2 aromatic carbocycles. The van der Waals surface area contributed by atoms with Gasteiger partial charge in [-0.05, 0) is 35.9 Å². The van der Waals surface area contributed by atoms with E-state index in [1.165, 1.54) is 30.5 Å². The van der Waals surface area contributed by atoms with Gasteiger partial charge in [-0.2, -0.15) is 5.10 Å². The van der Waals surface area contributed by atoms with Crippen LogP contribution in [0.3, 0.4) is 0 Å². The number of non-ortho nitro benzene ring substituents is 1. The van der Waals surface area contributed by atoms with Gasteiger partial charge in [0.2, 0.25) is 0 Å². The molecule has 0 radical (unpaired) electrons. The van der Waals surface area contributed by atoms with Gasteiger partial charge in [-0.15, -0.1) is 10.2 Å². The number of aromatic nitrogens is 2. The lowest BCUT2D eigenvalue weighted by molar-refractivity contribution is -0.384. The first-order valence-corrected chi connectivity index (χ1v) is 10.2. The third kappa shape index (κ3) is 6.95. The van der Waals surface area contributed by atoms with Gasteiger partial charge in [-0.25, -0.2) is 5.43 Å². The van der Waals surface area contributed by atoms with Crippen molar-refractivity contribution in [3.63, 3.8) is 0 Å². The second kappa shape index (κ2) is 10.8. The minimum atomic E-state index is -0.498. The summed E-state index contributed by atoms with van der Waals surface area (Å²) in [6.07, 6.45) is 1.37. The van der Waals surface area contributed by atoms with Gasteiger partial charge in [-0.1, -0.05) is 35.0 Å². The van der Waals surface area contributed by atoms with E-state index in [1.807, 2.05) is 0 Å². The molecule has 3 rings (SSSR count). The molecule has 31 heavy (non-hydrogen) atoms. The van der Waals surface area contributed by atoms with Crippen molar-refractivity contribution in [1.29, 1.82) is 0 Å². The Kier molecular flexibility index (Phi) is 7.82. The number of nitrogens with zero attached hydrogens (tertiary/aromatic N) is 4. The van der Waals surface area contributed by atoms with Gasteiger partial charge < -0.3 is 9.15 Å². The van der Waals surface area contributed by atoms with Crippen LogP contribution in [0.5, 0.6) is 5.75 Å². The fourth-order valence-electron chi connectivity index (χ4n) is 2.11. The number of nitro groups is 1. The number of amides is 1. The molecular weight excluding hydrogens is 469 g/mol. The third-order valence-electron chi connectivity index (χ3n) is 3.53. The van der Waals surface area contributed by atoms with Crippen molar-refractivity contribution in [2.45, 2.75) is 11.8 Å². The second-order valence-corrected chi connectivity index (χ2v) is 7.53. The molecule has 0 aliphatic rings. The number of thioether (sulfide) groups is 1. The van der Waals surface area contributed by atoms with Crippen LogP contribution >= 0.6 is 35.0 Å². The van der Waals surface area contributed by atoms with E-state index in [0.717, 1.165) is 11.8 Å². The Morgan fingerprint density at radius 2 is 2.03 bits per heavy atom. The van der Waals surface area contributed by atoms with Crippen molar-refractivity contribution < 1.29 is 18.9 Å². The first-order valence-electron chi connectivity index (χ1n) is 8.50. The minimum Gasteiger partial charge on any atom is -0.482 e. The predicted octanol–water partition coefficient (Wildman–Crippen LogP) is 4.11. The van der Waals surface area contributed by atoms with Crippen LogP contribution in [0.2, 0.25) is 10.0 Å². The Morgan fingerprint density at radius 3 is 2.74 bits per heavy atom. The van der Waals surface area contributed by atoms with E-state index in [4.69, 9.17) is 32.4 Å². The van der Waals surface area contributed by atoms with Gasteiger partial charge in [-0.3, -0.25) is 14.9 Å². The van der Waals surface area contributed by atoms with Gasteiger partial charge in [0.25, 0.3) is 22.7 Å². The number of benzene rings is 2. The van der Waals surface area contributed by atoms with Gasteiger partial charge in [0.05, 0.1) is 21.9 Å². The van der Waals surface area contributed by atoms with Crippen LogP contribution in [-0.2, 0) is 11.4 Å². The standard InChI is InChI=1S/C18H13Cl2N5O5S/c19-12-3-6-15(14(20)7-12)29-9-17-23-24-18(30-17)31-10-16(26)22-21-8-11-1-4-13(5-2-11)25(27)28/h1-8H,9-10H2,(H,22,26)/b21-8-. The number of hydrogen-bond acceptors (Lipinski definition) is 9. The van der Waals surface area contributed by atoms with E-state index in [9.17, 15) is 14.9 Å². The van der Waals surface area contributed by atoms with Crippen LogP contribution in [0, 0.1) is 10.1 Å². The summed E-state index contributed by atoms with van der Waals surface area (Å²) >= 11 is 12.9. The summed E-state index contributed by atoms with van der Waals surface area (Å²) < 4.78 is 10.9. The van der Waals surface area contributed by atoms with Crippen LogP contribution in [0.15, 0.2) is 57.2 Å².